The van der Waals surface area contributed by atoms with E-state index in [4.69, 9.17) is 4.74 Å². The minimum absolute atomic E-state index is 0.501. The molecule has 0 saturated heterocycles. The summed E-state index contributed by atoms with van der Waals surface area (Å²) >= 11 is 0. The largest absolute Gasteiger partial charge is 0.497 e. The van der Waals surface area contributed by atoms with E-state index in [2.05, 4.69) is 29.4 Å². The van der Waals surface area contributed by atoms with Crippen molar-refractivity contribution in [1.29, 1.82) is 0 Å². The third-order valence-electron chi connectivity index (χ3n) is 4.26. The van der Waals surface area contributed by atoms with Gasteiger partial charge in [-0.15, -0.1) is 0 Å². The van der Waals surface area contributed by atoms with Crippen LogP contribution in [0.4, 0.5) is 11.4 Å². The van der Waals surface area contributed by atoms with Gasteiger partial charge >= 0.3 is 0 Å². The van der Waals surface area contributed by atoms with Gasteiger partial charge < -0.3 is 15.0 Å². The first-order valence-electron chi connectivity index (χ1n) is 6.36. The van der Waals surface area contributed by atoms with E-state index in [0.29, 0.717) is 5.41 Å². The Labute approximate surface area is 103 Å². The highest BCUT2D eigenvalue weighted by molar-refractivity contribution is 5.72. The van der Waals surface area contributed by atoms with E-state index in [9.17, 15) is 0 Å². The summed E-state index contributed by atoms with van der Waals surface area (Å²) in [6.07, 6.45) is 4.10. The molecule has 1 N–H and O–H groups in total. The molecule has 0 radical (unpaired) electrons. The molecule has 1 aromatic rings. The van der Waals surface area contributed by atoms with Crippen LogP contribution >= 0.6 is 0 Å². The van der Waals surface area contributed by atoms with Crippen LogP contribution in [0.15, 0.2) is 18.2 Å². The Morgan fingerprint density at radius 1 is 1.35 bits per heavy atom. The summed E-state index contributed by atoms with van der Waals surface area (Å²) < 4.78 is 5.31. The highest BCUT2D eigenvalue weighted by Gasteiger charge is 2.39. The molecule has 17 heavy (non-hydrogen) atoms. The lowest BCUT2D eigenvalue weighted by Crippen LogP contribution is -2.43. The van der Waals surface area contributed by atoms with Crippen molar-refractivity contribution in [2.75, 3.05) is 37.5 Å². The maximum absolute atomic E-state index is 5.31. The SMILES string of the molecule is COc1ccc2c(c1)N(C)CC1(CCC1)CN2. The van der Waals surface area contributed by atoms with Crippen LogP contribution in [0.1, 0.15) is 19.3 Å². The normalized spacial score (nSPS) is 21.2. The van der Waals surface area contributed by atoms with Gasteiger partial charge in [0.25, 0.3) is 0 Å². The summed E-state index contributed by atoms with van der Waals surface area (Å²) in [5.74, 6) is 0.932. The highest BCUT2D eigenvalue weighted by atomic mass is 16.5. The van der Waals surface area contributed by atoms with Crippen LogP contribution in [0.2, 0.25) is 0 Å². The molecular formula is C14H20N2O. The van der Waals surface area contributed by atoms with E-state index in [1.54, 1.807) is 7.11 Å². The van der Waals surface area contributed by atoms with Gasteiger partial charge in [0.2, 0.25) is 0 Å². The van der Waals surface area contributed by atoms with Gasteiger partial charge in [0, 0.05) is 31.6 Å². The van der Waals surface area contributed by atoms with Crippen molar-refractivity contribution in [3.63, 3.8) is 0 Å². The molecule has 0 bridgehead atoms. The van der Waals surface area contributed by atoms with E-state index in [1.165, 1.54) is 30.6 Å². The number of fused-ring (bicyclic) bond motifs is 1. The molecule has 2 aliphatic rings. The number of methoxy groups -OCH3 is 1. The van der Waals surface area contributed by atoms with Gasteiger partial charge in [0.15, 0.2) is 0 Å². The minimum atomic E-state index is 0.501. The zero-order valence-electron chi connectivity index (χ0n) is 10.6. The quantitative estimate of drug-likeness (QED) is 0.805. The second-order valence-corrected chi connectivity index (χ2v) is 5.45. The molecule has 3 heteroatoms. The van der Waals surface area contributed by atoms with Crippen molar-refractivity contribution < 1.29 is 4.74 Å². The predicted octanol–water partition coefficient (Wildman–Crippen LogP) is 2.73. The average molecular weight is 232 g/mol. The van der Waals surface area contributed by atoms with E-state index >= 15 is 0 Å². The Balaban J connectivity index is 1.93. The van der Waals surface area contributed by atoms with E-state index in [0.717, 1.165) is 18.8 Å². The highest BCUT2D eigenvalue weighted by Crippen LogP contribution is 2.45. The van der Waals surface area contributed by atoms with Crippen molar-refractivity contribution in [3.05, 3.63) is 18.2 Å². The Bertz CT molecular complexity index is 426. The van der Waals surface area contributed by atoms with Crippen LogP contribution in [0.5, 0.6) is 5.75 Å². The first-order valence-corrected chi connectivity index (χ1v) is 6.36. The Hall–Kier alpha value is -1.38. The molecular weight excluding hydrogens is 212 g/mol. The molecule has 0 unspecified atom stereocenters. The van der Waals surface area contributed by atoms with Gasteiger partial charge in [-0.1, -0.05) is 6.42 Å². The number of anilines is 2. The fourth-order valence-electron chi connectivity index (χ4n) is 3.04. The van der Waals surface area contributed by atoms with E-state index < -0.39 is 0 Å². The summed E-state index contributed by atoms with van der Waals surface area (Å²) in [7, 11) is 3.91. The zero-order chi connectivity index (χ0) is 11.9. The summed E-state index contributed by atoms with van der Waals surface area (Å²) in [5, 5.41) is 3.60. The third-order valence-corrected chi connectivity index (χ3v) is 4.26. The summed E-state index contributed by atoms with van der Waals surface area (Å²) in [5.41, 5.74) is 2.99. The molecule has 3 nitrogen and oxygen atoms in total. The molecule has 0 amide bonds. The lowest BCUT2D eigenvalue weighted by atomic mass is 9.68. The van der Waals surface area contributed by atoms with Crippen molar-refractivity contribution >= 4 is 11.4 Å². The molecule has 92 valence electrons. The maximum atomic E-state index is 5.31. The summed E-state index contributed by atoms with van der Waals surface area (Å²) in [6.45, 7) is 2.26. The molecule has 1 aromatic carbocycles. The van der Waals surface area contributed by atoms with E-state index in [1.807, 2.05) is 6.07 Å². The molecule has 1 heterocycles. The molecule has 1 aliphatic carbocycles. The first-order chi connectivity index (χ1) is 8.22. The topological polar surface area (TPSA) is 24.5 Å². The van der Waals surface area contributed by atoms with Gasteiger partial charge in [-0.05, 0) is 25.0 Å². The smallest absolute Gasteiger partial charge is 0.121 e. The molecule has 0 atom stereocenters. The Morgan fingerprint density at radius 2 is 2.18 bits per heavy atom. The molecule has 1 spiro atoms. The van der Waals surface area contributed by atoms with Crippen LogP contribution in [-0.4, -0.2) is 27.2 Å². The fraction of sp³-hybridized carbons (Fsp3) is 0.571. The van der Waals surface area contributed by atoms with Crippen LogP contribution in [0.25, 0.3) is 0 Å². The zero-order valence-corrected chi connectivity index (χ0v) is 10.6. The maximum Gasteiger partial charge on any atom is 0.121 e. The minimum Gasteiger partial charge on any atom is -0.497 e. The first kappa shape index (κ1) is 10.8. The van der Waals surface area contributed by atoms with Gasteiger partial charge in [0.05, 0.1) is 18.5 Å². The number of nitrogens with one attached hydrogen (secondary N) is 1. The second-order valence-electron chi connectivity index (χ2n) is 5.45. The van der Waals surface area contributed by atoms with Crippen LogP contribution in [-0.2, 0) is 0 Å². The Kier molecular flexibility index (Phi) is 2.42. The number of hydrogen-bond donors (Lipinski definition) is 1. The third kappa shape index (κ3) is 1.74. The molecule has 1 fully saturated rings. The van der Waals surface area contributed by atoms with Crippen molar-refractivity contribution in [3.8, 4) is 5.75 Å². The number of rotatable bonds is 1. The van der Waals surface area contributed by atoms with Crippen molar-refractivity contribution in [2.45, 2.75) is 19.3 Å². The number of hydrogen-bond acceptors (Lipinski definition) is 3. The number of ether oxygens (including phenoxy) is 1. The molecule has 0 aromatic heterocycles. The van der Waals surface area contributed by atoms with Gasteiger partial charge in [-0.2, -0.15) is 0 Å². The lowest BCUT2D eigenvalue weighted by molar-refractivity contribution is 0.162. The van der Waals surface area contributed by atoms with Gasteiger partial charge in [-0.3, -0.25) is 0 Å². The molecule has 3 rings (SSSR count). The monoisotopic (exact) mass is 232 g/mol. The summed E-state index contributed by atoms with van der Waals surface area (Å²) in [6, 6.07) is 6.28. The predicted molar refractivity (Wildman–Crippen MR) is 71.0 cm³/mol. The lowest BCUT2D eigenvalue weighted by Gasteiger charge is -2.43. The van der Waals surface area contributed by atoms with Gasteiger partial charge in [-0.25, -0.2) is 0 Å². The standard InChI is InChI=1S/C14H20N2O/c1-16-10-14(6-3-7-14)9-15-12-5-4-11(17-2)8-13(12)16/h4-5,8,15H,3,6-7,9-10H2,1-2H3. The van der Waals surface area contributed by atoms with Crippen LogP contribution < -0.4 is 15.0 Å². The summed E-state index contributed by atoms with van der Waals surface area (Å²) in [4.78, 5) is 2.37. The van der Waals surface area contributed by atoms with Crippen molar-refractivity contribution in [1.82, 2.24) is 0 Å². The second kappa shape index (κ2) is 3.83. The Morgan fingerprint density at radius 3 is 2.82 bits per heavy atom. The van der Waals surface area contributed by atoms with Crippen molar-refractivity contribution in [2.24, 2.45) is 5.41 Å². The van der Waals surface area contributed by atoms with E-state index in [-0.39, 0.29) is 0 Å². The molecule has 1 aliphatic heterocycles. The van der Waals surface area contributed by atoms with Gasteiger partial charge in [0.1, 0.15) is 5.75 Å². The van der Waals surface area contributed by atoms with Crippen LogP contribution in [0, 0.1) is 5.41 Å². The van der Waals surface area contributed by atoms with Crippen LogP contribution in [0.3, 0.4) is 0 Å². The fourth-order valence-corrected chi connectivity index (χ4v) is 3.04. The number of benzene rings is 1. The molecule has 1 saturated carbocycles. The number of nitrogens with zero attached hydrogens (tertiary/aromatic N) is 1. The average Bonchev–Trinajstić information content (AvgIpc) is 2.46.